The molecule has 10 heteroatoms. The third-order valence-corrected chi connectivity index (χ3v) is 8.02. The largest absolute Gasteiger partial charge is 0.336 e. The number of sulfonamides is 1. The molecule has 0 aliphatic carbocycles. The second-order valence-electron chi connectivity index (χ2n) is 8.83. The summed E-state index contributed by atoms with van der Waals surface area (Å²) in [6.45, 7) is 3.09. The van der Waals surface area contributed by atoms with Crippen molar-refractivity contribution in [1.82, 2.24) is 14.8 Å². The monoisotopic (exact) mass is 538 g/mol. The van der Waals surface area contributed by atoms with E-state index in [1.165, 1.54) is 12.1 Å². The van der Waals surface area contributed by atoms with Gasteiger partial charge in [-0.3, -0.25) is 19.4 Å². The Morgan fingerprint density at radius 1 is 0.973 bits per heavy atom. The highest BCUT2D eigenvalue weighted by atomic mass is 35.5. The fourth-order valence-corrected chi connectivity index (χ4v) is 5.81. The highest BCUT2D eigenvalue weighted by Crippen LogP contribution is 2.24. The van der Waals surface area contributed by atoms with Crippen LogP contribution in [0.1, 0.15) is 15.9 Å². The molecule has 190 valence electrons. The van der Waals surface area contributed by atoms with Crippen molar-refractivity contribution < 1.29 is 17.6 Å². The first-order chi connectivity index (χ1) is 17.8. The number of amides is 1. The van der Waals surface area contributed by atoms with Gasteiger partial charge in [0, 0.05) is 55.6 Å². The third-order valence-electron chi connectivity index (χ3n) is 6.32. The summed E-state index contributed by atoms with van der Waals surface area (Å²) in [6.07, 6.45) is 1.56. The van der Waals surface area contributed by atoms with Gasteiger partial charge in [-0.15, -0.1) is 0 Å². The number of aromatic nitrogens is 1. The zero-order chi connectivity index (χ0) is 26.0. The molecule has 1 aliphatic rings. The lowest BCUT2D eigenvalue weighted by Crippen LogP contribution is -2.48. The number of pyridine rings is 1. The standard InChI is InChI=1S/C27H24ClFN4O3S/c28-23-17-19(6-11-24(23)29)18-32-13-15-33(16-14-32)27(34)21-7-9-22(10-8-21)31-37(35,36)25-5-1-3-20-4-2-12-30-26(20)25/h1-12,17,31H,13-16,18H2. The molecule has 3 aromatic carbocycles. The maximum Gasteiger partial charge on any atom is 0.264 e. The van der Waals surface area contributed by atoms with Gasteiger partial charge in [0.25, 0.3) is 15.9 Å². The van der Waals surface area contributed by atoms with Crippen LogP contribution in [0.2, 0.25) is 5.02 Å². The van der Waals surface area contributed by atoms with Crippen LogP contribution < -0.4 is 4.72 Å². The Morgan fingerprint density at radius 3 is 2.43 bits per heavy atom. The summed E-state index contributed by atoms with van der Waals surface area (Å²) >= 11 is 5.88. The van der Waals surface area contributed by atoms with Crippen LogP contribution in [-0.4, -0.2) is 55.3 Å². The summed E-state index contributed by atoms with van der Waals surface area (Å²) < 4.78 is 42.0. The molecule has 4 aromatic rings. The van der Waals surface area contributed by atoms with Crippen LogP contribution in [0.5, 0.6) is 0 Å². The molecule has 1 N–H and O–H groups in total. The lowest BCUT2D eigenvalue weighted by atomic mass is 10.1. The summed E-state index contributed by atoms with van der Waals surface area (Å²) in [7, 11) is -3.87. The third kappa shape index (κ3) is 5.58. The lowest BCUT2D eigenvalue weighted by Gasteiger charge is -2.34. The average Bonchev–Trinajstić information content (AvgIpc) is 2.91. The number of anilines is 1. The molecule has 0 spiro atoms. The molecule has 0 unspecified atom stereocenters. The Hall–Kier alpha value is -3.53. The molecule has 1 saturated heterocycles. The van der Waals surface area contributed by atoms with Crippen molar-refractivity contribution in [3.05, 3.63) is 101 Å². The van der Waals surface area contributed by atoms with E-state index in [1.54, 1.807) is 71.8 Å². The van der Waals surface area contributed by atoms with E-state index in [0.717, 1.165) is 10.9 Å². The van der Waals surface area contributed by atoms with Crippen molar-refractivity contribution in [2.75, 3.05) is 30.9 Å². The summed E-state index contributed by atoms with van der Waals surface area (Å²) in [6, 6.07) is 19.7. The normalized spacial score (nSPS) is 14.6. The van der Waals surface area contributed by atoms with E-state index in [0.29, 0.717) is 49.5 Å². The van der Waals surface area contributed by atoms with E-state index in [-0.39, 0.29) is 15.8 Å². The number of nitrogens with one attached hydrogen (secondary N) is 1. The molecule has 5 rings (SSSR count). The zero-order valence-corrected chi connectivity index (χ0v) is 21.3. The molecular weight excluding hydrogens is 515 g/mol. The molecule has 0 saturated carbocycles. The maximum atomic E-state index is 13.4. The summed E-state index contributed by atoms with van der Waals surface area (Å²) in [4.78, 5) is 21.3. The van der Waals surface area contributed by atoms with Gasteiger partial charge in [0.1, 0.15) is 10.7 Å². The minimum absolute atomic E-state index is 0.0894. The number of rotatable bonds is 6. The SMILES string of the molecule is O=C(c1ccc(NS(=O)(=O)c2cccc3cccnc23)cc1)N1CCN(Cc2ccc(F)c(Cl)c2)CC1. The second kappa shape index (κ2) is 10.5. The first-order valence-corrected chi connectivity index (χ1v) is 13.6. The van der Waals surface area contributed by atoms with Crippen LogP contribution in [0.4, 0.5) is 10.1 Å². The number of carbonyl (C=O) groups excluding carboxylic acids is 1. The quantitative estimate of drug-likeness (QED) is 0.382. The van der Waals surface area contributed by atoms with Crippen LogP contribution in [0.25, 0.3) is 10.9 Å². The molecule has 0 bridgehead atoms. The van der Waals surface area contributed by atoms with Gasteiger partial charge >= 0.3 is 0 Å². The van der Waals surface area contributed by atoms with E-state index in [9.17, 15) is 17.6 Å². The van der Waals surface area contributed by atoms with Crippen molar-refractivity contribution in [3.8, 4) is 0 Å². The zero-order valence-electron chi connectivity index (χ0n) is 19.8. The Kier molecular flexibility index (Phi) is 7.10. The molecule has 2 heterocycles. The van der Waals surface area contributed by atoms with Crippen LogP contribution in [0, 0.1) is 5.82 Å². The van der Waals surface area contributed by atoms with Crippen LogP contribution in [0.15, 0.2) is 83.9 Å². The molecule has 0 radical (unpaired) electrons. The number of fused-ring (bicyclic) bond motifs is 1. The van der Waals surface area contributed by atoms with E-state index < -0.39 is 15.8 Å². The van der Waals surface area contributed by atoms with E-state index in [2.05, 4.69) is 14.6 Å². The number of nitrogens with zero attached hydrogens (tertiary/aromatic N) is 3. The van der Waals surface area contributed by atoms with Crippen LogP contribution >= 0.6 is 11.6 Å². The number of para-hydroxylation sites is 1. The van der Waals surface area contributed by atoms with Gasteiger partial charge in [-0.25, -0.2) is 12.8 Å². The Morgan fingerprint density at radius 2 is 1.70 bits per heavy atom. The van der Waals surface area contributed by atoms with Gasteiger partial charge in [-0.05, 0) is 54.1 Å². The van der Waals surface area contributed by atoms with Crippen molar-refractivity contribution >= 4 is 44.1 Å². The van der Waals surface area contributed by atoms with Crippen molar-refractivity contribution in [2.24, 2.45) is 0 Å². The van der Waals surface area contributed by atoms with Crippen LogP contribution in [-0.2, 0) is 16.6 Å². The molecule has 1 aliphatic heterocycles. The van der Waals surface area contributed by atoms with Crippen molar-refractivity contribution in [1.29, 1.82) is 0 Å². The summed E-state index contributed by atoms with van der Waals surface area (Å²) in [5.41, 5.74) is 2.15. The fraction of sp³-hybridized carbons (Fsp3) is 0.185. The van der Waals surface area contributed by atoms with Gasteiger partial charge < -0.3 is 4.90 Å². The summed E-state index contributed by atoms with van der Waals surface area (Å²) in [5, 5.41) is 0.832. The smallest absolute Gasteiger partial charge is 0.264 e. The highest BCUT2D eigenvalue weighted by molar-refractivity contribution is 7.93. The first-order valence-electron chi connectivity index (χ1n) is 11.7. The molecule has 37 heavy (non-hydrogen) atoms. The van der Waals surface area contributed by atoms with Gasteiger partial charge in [0.15, 0.2) is 0 Å². The predicted octanol–water partition coefficient (Wildman–Crippen LogP) is 4.79. The van der Waals surface area contributed by atoms with E-state index >= 15 is 0 Å². The fourth-order valence-electron chi connectivity index (χ4n) is 4.37. The van der Waals surface area contributed by atoms with Gasteiger partial charge in [-0.1, -0.05) is 35.9 Å². The minimum atomic E-state index is -3.87. The second-order valence-corrected chi connectivity index (χ2v) is 10.9. The lowest BCUT2D eigenvalue weighted by molar-refractivity contribution is 0.0628. The van der Waals surface area contributed by atoms with Gasteiger partial charge in [-0.2, -0.15) is 0 Å². The van der Waals surface area contributed by atoms with Gasteiger partial charge in [0.2, 0.25) is 0 Å². The topological polar surface area (TPSA) is 82.6 Å². The average molecular weight is 539 g/mol. The van der Waals surface area contributed by atoms with Gasteiger partial charge in [0.05, 0.1) is 10.5 Å². The number of halogens is 2. The highest BCUT2D eigenvalue weighted by Gasteiger charge is 2.23. The Bertz CT molecular complexity index is 1550. The number of hydrogen-bond acceptors (Lipinski definition) is 5. The molecule has 1 fully saturated rings. The summed E-state index contributed by atoms with van der Waals surface area (Å²) in [5.74, 6) is -0.553. The molecule has 0 atom stereocenters. The van der Waals surface area contributed by atoms with E-state index in [1.807, 2.05) is 0 Å². The van der Waals surface area contributed by atoms with E-state index in [4.69, 9.17) is 11.6 Å². The number of carbonyl (C=O) groups is 1. The molecule has 1 amide bonds. The predicted molar refractivity (Wildman–Crippen MR) is 142 cm³/mol. The minimum Gasteiger partial charge on any atom is -0.336 e. The Labute approximate surface area is 219 Å². The van der Waals surface area contributed by atoms with Crippen LogP contribution in [0.3, 0.4) is 0 Å². The number of hydrogen-bond donors (Lipinski definition) is 1. The Balaban J connectivity index is 1.21. The van der Waals surface area contributed by atoms with Crippen molar-refractivity contribution in [3.63, 3.8) is 0 Å². The maximum absolute atomic E-state index is 13.4. The molecule has 1 aromatic heterocycles. The molecular formula is C27H24ClFN4O3S. The number of piperazine rings is 1. The number of benzene rings is 3. The van der Waals surface area contributed by atoms with Crippen molar-refractivity contribution in [2.45, 2.75) is 11.4 Å². The first kappa shape index (κ1) is 25.1. The molecule has 7 nitrogen and oxygen atoms in total.